The van der Waals surface area contributed by atoms with Crippen molar-refractivity contribution in [2.24, 2.45) is 0 Å². The van der Waals surface area contributed by atoms with E-state index in [4.69, 9.17) is 18.9 Å². The van der Waals surface area contributed by atoms with Crippen LogP contribution < -0.4 is 0 Å². The fourth-order valence-electron chi connectivity index (χ4n) is 10.8. The number of esters is 4. The maximum Gasteiger partial charge on any atom is 2.00 e. The first-order valence-corrected chi connectivity index (χ1v) is 38.8. The minimum Gasteiger partial charge on any atom is -0.744 e. The molecule has 524 valence electrons. The normalized spacial score (nSPS) is 11.8. The molecule has 0 bridgehead atoms. The van der Waals surface area contributed by atoms with Gasteiger partial charge < -0.3 is 28.1 Å². The molecular weight excluding hydrogens is 1240 g/mol. The molecule has 0 heterocycles. The second-order valence-corrected chi connectivity index (χ2v) is 27.2. The van der Waals surface area contributed by atoms with Crippen LogP contribution in [0.4, 0.5) is 0 Å². The van der Waals surface area contributed by atoms with Crippen LogP contribution in [0.2, 0.25) is 0 Å². The third kappa shape index (κ3) is 50.4. The number of hydrogen-bond acceptors (Lipinski definition) is 14. The quantitative estimate of drug-likeness (QED) is 0.0150. The van der Waals surface area contributed by atoms with Gasteiger partial charge in [-0.15, -0.1) is 0 Å². The topological polar surface area (TPSA) is 220 Å². The molecule has 14 nitrogen and oxygen atoms in total. The van der Waals surface area contributed by atoms with Gasteiger partial charge in [0.15, 0.2) is 0 Å². The molecule has 0 amide bonds. The van der Waals surface area contributed by atoms with E-state index in [0.29, 0.717) is 25.7 Å². The molecule has 2 aromatic carbocycles. The predicted molar refractivity (Wildman–Crippen MR) is 378 cm³/mol. The zero-order chi connectivity index (χ0) is 67.4. The van der Waals surface area contributed by atoms with Crippen molar-refractivity contribution in [2.75, 3.05) is 26.4 Å². The van der Waals surface area contributed by atoms with Gasteiger partial charge in [0, 0.05) is 0 Å². The van der Waals surface area contributed by atoms with E-state index in [1.54, 1.807) is 0 Å². The summed E-state index contributed by atoms with van der Waals surface area (Å²) in [6, 6.07) is 6.22. The fourth-order valence-corrected chi connectivity index (χ4v) is 11.8. The van der Waals surface area contributed by atoms with E-state index >= 15 is 0 Å². The monoisotopic (exact) mass is 1360 g/mol. The molecule has 0 N–H and O–H groups in total. The Bertz CT molecular complexity index is 2400. The fraction of sp³-hybridized carbons (Fsp3) is 0.684. The van der Waals surface area contributed by atoms with Crippen molar-refractivity contribution in [1.29, 1.82) is 0 Å². The van der Waals surface area contributed by atoms with Crippen LogP contribution in [-0.4, -0.2) is 114 Å². The van der Waals surface area contributed by atoms with Crippen LogP contribution in [-0.2, 0) is 39.2 Å². The van der Waals surface area contributed by atoms with E-state index in [0.717, 1.165) is 113 Å². The van der Waals surface area contributed by atoms with Crippen molar-refractivity contribution in [3.63, 3.8) is 0 Å². The van der Waals surface area contributed by atoms with Gasteiger partial charge in [-0.1, -0.05) is 254 Å². The van der Waals surface area contributed by atoms with E-state index in [2.05, 4.69) is 76.3 Å². The average molecular weight is 1360 g/mol. The van der Waals surface area contributed by atoms with Crippen molar-refractivity contribution < 1.29 is 64.1 Å². The van der Waals surface area contributed by atoms with Crippen LogP contribution in [0.15, 0.2) is 94.8 Å². The molecule has 2 aromatic rings. The van der Waals surface area contributed by atoms with E-state index in [9.17, 15) is 45.1 Å². The van der Waals surface area contributed by atoms with Gasteiger partial charge in [0.05, 0.1) is 58.5 Å². The summed E-state index contributed by atoms with van der Waals surface area (Å²) in [6.07, 6.45) is 67.7. The summed E-state index contributed by atoms with van der Waals surface area (Å²) in [5.41, 5.74) is -0.696. The molecule has 17 heteroatoms. The first-order valence-electron chi connectivity index (χ1n) is 35.9. The second-order valence-electron chi connectivity index (χ2n) is 24.4. The van der Waals surface area contributed by atoms with Crippen LogP contribution in [0.25, 0.3) is 0 Å². The summed E-state index contributed by atoms with van der Waals surface area (Å²) in [6.45, 7) is 8.96. The van der Waals surface area contributed by atoms with Gasteiger partial charge in [-0.25, -0.2) is 36.0 Å². The summed E-state index contributed by atoms with van der Waals surface area (Å²) in [4.78, 5) is 50.1. The smallest absolute Gasteiger partial charge is 0.744 e. The third-order valence-electron chi connectivity index (χ3n) is 16.4. The molecule has 0 unspecified atom stereocenters. The molecular formula is C76H122CaO14S2. The molecule has 0 atom stereocenters. The summed E-state index contributed by atoms with van der Waals surface area (Å²) in [5, 5.41) is 0. The van der Waals surface area contributed by atoms with E-state index in [1.807, 2.05) is 0 Å². The van der Waals surface area contributed by atoms with Crippen LogP contribution in [0.3, 0.4) is 0 Å². The van der Waals surface area contributed by atoms with Gasteiger partial charge in [0.25, 0.3) is 0 Å². The number of allylic oxidation sites excluding steroid dienone is 8. The Labute approximate surface area is 595 Å². The van der Waals surface area contributed by atoms with Crippen molar-refractivity contribution in [2.45, 2.75) is 320 Å². The second kappa shape index (κ2) is 61.9. The van der Waals surface area contributed by atoms with Crippen molar-refractivity contribution >= 4 is 81.9 Å². The van der Waals surface area contributed by atoms with Gasteiger partial charge in [-0.05, 0) is 141 Å². The minimum absolute atomic E-state index is 0. The molecule has 0 spiro atoms. The van der Waals surface area contributed by atoms with Gasteiger partial charge in [0.2, 0.25) is 0 Å². The summed E-state index contributed by atoms with van der Waals surface area (Å²) in [5.74, 6) is -3.11. The Balaban J connectivity index is 0.00000180. The standard InChI is InChI=1S/2C38H62O7S.Ca/c2*1-3-5-7-9-11-13-15-17-19-21-23-25-27-31-44-37(39)35-30-29-34(46(41,42)43)33-36(35)38(40)45-32-28-26-24-22-20-18-16-14-12-10-8-6-4-2;/h2*3-6,29-30,33H,7-28,31-32H2,1-2H3,(H,41,42,43);/q;;+2/p-2/b2*5-3+,6-4+;. The number of unbranched alkanes of at least 4 members (excludes halogenated alkanes) is 40. The third-order valence-corrected chi connectivity index (χ3v) is 18.0. The van der Waals surface area contributed by atoms with Gasteiger partial charge >= 0.3 is 61.6 Å². The van der Waals surface area contributed by atoms with Crippen molar-refractivity contribution in [1.82, 2.24) is 0 Å². The van der Waals surface area contributed by atoms with Crippen LogP contribution in [0.5, 0.6) is 0 Å². The number of ether oxygens (including phenoxy) is 4. The summed E-state index contributed by atoms with van der Waals surface area (Å²) >= 11 is 0. The van der Waals surface area contributed by atoms with Gasteiger partial charge in [0.1, 0.15) is 20.2 Å². The van der Waals surface area contributed by atoms with Crippen molar-refractivity contribution in [3.05, 3.63) is 107 Å². The first kappa shape index (κ1) is 89.4. The maximum absolute atomic E-state index is 12.8. The Hall–Kier alpha value is -3.64. The number of rotatable bonds is 58. The number of benzene rings is 2. The van der Waals surface area contributed by atoms with Crippen LogP contribution >= 0.6 is 0 Å². The molecule has 2 rings (SSSR count). The van der Waals surface area contributed by atoms with E-state index in [-0.39, 0.29) is 86.4 Å². The van der Waals surface area contributed by atoms with Gasteiger partial charge in [-0.2, -0.15) is 0 Å². The largest absolute Gasteiger partial charge is 2.00 e. The molecule has 0 aliphatic heterocycles. The van der Waals surface area contributed by atoms with Crippen molar-refractivity contribution in [3.8, 4) is 0 Å². The molecule has 0 fully saturated rings. The summed E-state index contributed by atoms with van der Waals surface area (Å²) in [7, 11) is -9.62. The number of carbonyl (C=O) groups is 4. The van der Waals surface area contributed by atoms with E-state index < -0.39 is 53.9 Å². The van der Waals surface area contributed by atoms with Crippen LogP contribution in [0, 0.1) is 0 Å². The Morgan fingerprint density at radius 3 is 0.645 bits per heavy atom. The Kier molecular flexibility index (Phi) is 59.5. The molecule has 0 saturated heterocycles. The molecule has 0 aromatic heterocycles. The maximum atomic E-state index is 12.8. The zero-order valence-corrected chi connectivity index (χ0v) is 62.1. The molecule has 0 aliphatic carbocycles. The summed E-state index contributed by atoms with van der Waals surface area (Å²) < 4.78 is 91.0. The SMILES string of the molecule is C/C=C/CCCCCCCCCCCCOC(=O)c1ccc(S(=O)(=O)[O-])cc1C(=O)OCCCCCCCCCCCC/C=C/C.C/C=C/CCCCCCCCCCCCOC(=O)c1ccc(S(=O)(=O)[O-])cc1C(=O)OCCCCCCCCCCCC/C=C/C.[Ca+2]. The number of hydrogen-bond donors (Lipinski definition) is 0. The predicted octanol–water partition coefficient (Wildman–Crippen LogP) is 20.9. The first-order chi connectivity index (χ1) is 44.6. The molecule has 0 saturated carbocycles. The van der Waals surface area contributed by atoms with E-state index in [1.165, 1.54) is 180 Å². The number of carbonyl (C=O) groups excluding carboxylic acids is 4. The molecule has 0 aliphatic rings. The van der Waals surface area contributed by atoms with Gasteiger partial charge in [-0.3, -0.25) is 0 Å². The zero-order valence-electron chi connectivity index (χ0n) is 58.3. The van der Waals surface area contributed by atoms with Crippen LogP contribution in [0.1, 0.15) is 352 Å². The Morgan fingerprint density at radius 2 is 0.462 bits per heavy atom. The molecule has 93 heavy (non-hydrogen) atoms. The minimum atomic E-state index is -4.81. The Morgan fingerprint density at radius 1 is 0.290 bits per heavy atom. The average Bonchev–Trinajstić information content (AvgIpc) is 0.860. The molecule has 0 radical (unpaired) electrons.